The molecule has 0 amide bonds. The SMILES string of the molecule is Cc1ccc(C)c([C@@H]2CN(CC(=O)O)[C@H](C)CO2)c1. The van der Waals surface area contributed by atoms with Gasteiger partial charge in [0.2, 0.25) is 0 Å². The average Bonchev–Trinajstić information content (AvgIpc) is 2.34. The minimum atomic E-state index is -0.784. The van der Waals surface area contributed by atoms with Crippen LogP contribution in [0.3, 0.4) is 0 Å². The van der Waals surface area contributed by atoms with Crippen molar-refractivity contribution in [1.29, 1.82) is 0 Å². The molecular formula is C15H21NO3. The van der Waals surface area contributed by atoms with Crippen molar-refractivity contribution in [2.75, 3.05) is 19.7 Å². The molecule has 1 fully saturated rings. The number of carboxylic acid groups (broad SMARTS) is 1. The highest BCUT2D eigenvalue weighted by molar-refractivity contribution is 5.69. The number of aliphatic carboxylic acids is 1. The molecule has 0 saturated carbocycles. The first-order chi connectivity index (χ1) is 8.97. The number of benzene rings is 1. The molecule has 0 bridgehead atoms. The van der Waals surface area contributed by atoms with E-state index >= 15 is 0 Å². The van der Waals surface area contributed by atoms with Crippen molar-refractivity contribution in [1.82, 2.24) is 4.90 Å². The molecule has 1 aromatic rings. The van der Waals surface area contributed by atoms with Gasteiger partial charge < -0.3 is 9.84 Å². The summed E-state index contributed by atoms with van der Waals surface area (Å²) in [6.07, 6.45) is -0.0320. The van der Waals surface area contributed by atoms with E-state index in [1.807, 2.05) is 11.8 Å². The second-order valence-electron chi connectivity index (χ2n) is 5.35. The van der Waals surface area contributed by atoms with Gasteiger partial charge >= 0.3 is 5.97 Å². The number of hydrogen-bond donors (Lipinski definition) is 1. The lowest BCUT2D eigenvalue weighted by molar-refractivity contribution is -0.142. The Kier molecular flexibility index (Phi) is 4.22. The molecule has 1 aromatic carbocycles. The summed E-state index contributed by atoms with van der Waals surface area (Å²) in [6, 6.07) is 6.46. The summed E-state index contributed by atoms with van der Waals surface area (Å²) in [4.78, 5) is 12.9. The van der Waals surface area contributed by atoms with E-state index in [4.69, 9.17) is 9.84 Å². The van der Waals surface area contributed by atoms with Crippen LogP contribution >= 0.6 is 0 Å². The summed E-state index contributed by atoms with van der Waals surface area (Å²) in [7, 11) is 0. The van der Waals surface area contributed by atoms with E-state index < -0.39 is 5.97 Å². The van der Waals surface area contributed by atoms with Gasteiger partial charge in [0, 0.05) is 12.6 Å². The summed E-state index contributed by atoms with van der Waals surface area (Å²) >= 11 is 0. The van der Waals surface area contributed by atoms with Crippen LogP contribution in [0.1, 0.15) is 29.7 Å². The van der Waals surface area contributed by atoms with Crippen molar-refractivity contribution in [2.45, 2.75) is 32.9 Å². The first kappa shape index (κ1) is 14.0. The van der Waals surface area contributed by atoms with Gasteiger partial charge in [-0.3, -0.25) is 9.69 Å². The van der Waals surface area contributed by atoms with Gasteiger partial charge in [0.1, 0.15) is 0 Å². The number of nitrogens with zero attached hydrogens (tertiary/aromatic N) is 1. The number of morpholine rings is 1. The van der Waals surface area contributed by atoms with Crippen molar-refractivity contribution in [3.05, 3.63) is 34.9 Å². The normalized spacial score (nSPS) is 24.4. The van der Waals surface area contributed by atoms with Crippen LogP contribution in [0.25, 0.3) is 0 Å². The van der Waals surface area contributed by atoms with Crippen LogP contribution in [0.15, 0.2) is 18.2 Å². The highest BCUT2D eigenvalue weighted by Gasteiger charge is 2.29. The average molecular weight is 263 g/mol. The zero-order valence-corrected chi connectivity index (χ0v) is 11.7. The third kappa shape index (κ3) is 3.33. The highest BCUT2D eigenvalue weighted by Crippen LogP contribution is 2.27. The van der Waals surface area contributed by atoms with Crippen molar-refractivity contribution >= 4 is 5.97 Å². The summed E-state index contributed by atoms with van der Waals surface area (Å²) < 4.78 is 5.89. The Bertz CT molecular complexity index is 472. The van der Waals surface area contributed by atoms with Gasteiger partial charge in [0.25, 0.3) is 0 Å². The van der Waals surface area contributed by atoms with Crippen LogP contribution in [0.5, 0.6) is 0 Å². The fourth-order valence-electron chi connectivity index (χ4n) is 2.50. The number of aryl methyl sites for hydroxylation is 2. The van der Waals surface area contributed by atoms with Crippen LogP contribution < -0.4 is 0 Å². The lowest BCUT2D eigenvalue weighted by Gasteiger charge is -2.37. The van der Waals surface area contributed by atoms with E-state index in [2.05, 4.69) is 32.0 Å². The maximum Gasteiger partial charge on any atom is 0.317 e. The van der Waals surface area contributed by atoms with Crippen molar-refractivity contribution in [2.24, 2.45) is 0 Å². The minimum absolute atomic E-state index is 0.0320. The minimum Gasteiger partial charge on any atom is -0.480 e. The molecule has 1 heterocycles. The molecule has 0 radical (unpaired) electrons. The van der Waals surface area contributed by atoms with Gasteiger partial charge in [-0.2, -0.15) is 0 Å². The van der Waals surface area contributed by atoms with E-state index in [9.17, 15) is 4.79 Å². The second kappa shape index (κ2) is 5.72. The van der Waals surface area contributed by atoms with Gasteiger partial charge in [-0.15, -0.1) is 0 Å². The lowest BCUT2D eigenvalue weighted by atomic mass is 9.99. The van der Waals surface area contributed by atoms with Crippen molar-refractivity contribution in [3.8, 4) is 0 Å². The molecule has 0 spiro atoms. The molecule has 0 aliphatic carbocycles. The van der Waals surface area contributed by atoms with E-state index in [1.165, 1.54) is 16.7 Å². The summed E-state index contributed by atoms with van der Waals surface area (Å²) in [5.74, 6) is -0.784. The number of rotatable bonds is 3. The van der Waals surface area contributed by atoms with Gasteiger partial charge in [-0.1, -0.05) is 23.8 Å². The Morgan fingerprint density at radius 2 is 2.21 bits per heavy atom. The summed E-state index contributed by atoms with van der Waals surface area (Å²) in [5, 5.41) is 8.96. The standard InChI is InChI=1S/C15H21NO3/c1-10-4-5-11(2)13(6-10)14-7-16(8-15(17)18)12(3)9-19-14/h4-6,12,14H,7-9H2,1-3H3,(H,17,18)/t12-,14+/m1/s1. The smallest absolute Gasteiger partial charge is 0.317 e. The predicted octanol–water partition coefficient (Wildman–Crippen LogP) is 2.15. The largest absolute Gasteiger partial charge is 0.480 e. The third-order valence-corrected chi connectivity index (χ3v) is 3.68. The topological polar surface area (TPSA) is 49.8 Å². The maximum atomic E-state index is 10.9. The van der Waals surface area contributed by atoms with Crippen LogP contribution in [-0.4, -0.2) is 41.7 Å². The van der Waals surface area contributed by atoms with Gasteiger partial charge in [-0.05, 0) is 31.9 Å². The summed E-state index contributed by atoms with van der Waals surface area (Å²) in [5.41, 5.74) is 3.57. The van der Waals surface area contributed by atoms with Crippen LogP contribution in [-0.2, 0) is 9.53 Å². The van der Waals surface area contributed by atoms with Crippen molar-refractivity contribution < 1.29 is 14.6 Å². The Morgan fingerprint density at radius 3 is 2.89 bits per heavy atom. The maximum absolute atomic E-state index is 10.9. The number of carbonyl (C=O) groups is 1. The van der Waals surface area contributed by atoms with E-state index in [-0.39, 0.29) is 18.7 Å². The third-order valence-electron chi connectivity index (χ3n) is 3.68. The van der Waals surface area contributed by atoms with Gasteiger partial charge in [0.05, 0.1) is 19.3 Å². The predicted molar refractivity (Wildman–Crippen MR) is 73.3 cm³/mol. The van der Waals surface area contributed by atoms with E-state index in [0.717, 1.165) is 0 Å². The molecule has 19 heavy (non-hydrogen) atoms. The molecule has 2 atom stereocenters. The Morgan fingerprint density at radius 1 is 1.47 bits per heavy atom. The lowest BCUT2D eigenvalue weighted by Crippen LogP contribution is -2.47. The van der Waals surface area contributed by atoms with E-state index in [1.54, 1.807) is 0 Å². The Hall–Kier alpha value is -1.39. The molecule has 1 aliphatic rings. The molecule has 0 unspecified atom stereocenters. The summed E-state index contributed by atoms with van der Waals surface area (Å²) in [6.45, 7) is 7.42. The Balaban J connectivity index is 2.17. The zero-order valence-electron chi connectivity index (χ0n) is 11.7. The molecule has 1 aliphatic heterocycles. The molecular weight excluding hydrogens is 242 g/mol. The molecule has 2 rings (SSSR count). The van der Waals surface area contributed by atoms with E-state index in [0.29, 0.717) is 13.2 Å². The Labute approximate surface area is 114 Å². The van der Waals surface area contributed by atoms with Gasteiger partial charge in [-0.25, -0.2) is 0 Å². The van der Waals surface area contributed by atoms with Crippen LogP contribution in [0.4, 0.5) is 0 Å². The molecule has 4 heteroatoms. The number of ether oxygens (including phenoxy) is 1. The molecule has 4 nitrogen and oxygen atoms in total. The van der Waals surface area contributed by atoms with Crippen molar-refractivity contribution in [3.63, 3.8) is 0 Å². The fourth-order valence-corrected chi connectivity index (χ4v) is 2.50. The monoisotopic (exact) mass is 263 g/mol. The molecule has 1 N–H and O–H groups in total. The first-order valence-electron chi connectivity index (χ1n) is 6.62. The highest BCUT2D eigenvalue weighted by atomic mass is 16.5. The molecule has 0 aromatic heterocycles. The van der Waals surface area contributed by atoms with Crippen LogP contribution in [0, 0.1) is 13.8 Å². The molecule has 1 saturated heterocycles. The zero-order chi connectivity index (χ0) is 14.0. The van der Waals surface area contributed by atoms with Gasteiger partial charge in [0.15, 0.2) is 0 Å². The fraction of sp³-hybridized carbons (Fsp3) is 0.533. The second-order valence-corrected chi connectivity index (χ2v) is 5.35. The number of hydrogen-bond acceptors (Lipinski definition) is 3. The first-order valence-corrected chi connectivity index (χ1v) is 6.62. The molecule has 104 valence electrons. The number of carboxylic acids is 1. The van der Waals surface area contributed by atoms with Crippen LogP contribution in [0.2, 0.25) is 0 Å². The quantitative estimate of drug-likeness (QED) is 0.908.